The van der Waals surface area contributed by atoms with Crippen LogP contribution in [0.3, 0.4) is 0 Å². The first kappa shape index (κ1) is 22.4. The number of amides is 1. The molecule has 7 heteroatoms. The van der Waals surface area contributed by atoms with Crippen molar-refractivity contribution in [1.29, 1.82) is 0 Å². The van der Waals surface area contributed by atoms with E-state index >= 15 is 0 Å². The number of carbonyl (C=O) groups is 1. The summed E-state index contributed by atoms with van der Waals surface area (Å²) in [5.74, 6) is 7.23. The lowest BCUT2D eigenvalue weighted by Crippen LogP contribution is -2.25. The van der Waals surface area contributed by atoms with E-state index in [9.17, 15) is 4.79 Å². The third-order valence-corrected chi connectivity index (χ3v) is 5.11. The maximum absolute atomic E-state index is 11.4. The van der Waals surface area contributed by atoms with Crippen LogP contribution in [0.15, 0.2) is 0 Å². The molecule has 0 saturated carbocycles. The molecule has 0 aromatic carbocycles. The number of nitrogens with one attached hydrogen (secondary N) is 2. The lowest BCUT2D eigenvalue weighted by atomic mass is 10.2. The molecule has 0 saturated heterocycles. The standard InChI is InChI=1S/C16H30N2O3S2/c1-14(2)8-7-9-18-16(19)21-12-6-5-11-20-15(3)23-22-13-10-17-4/h14-15,17H,5-6,9-13H2,1-4H3,(H,18,19). The second-order valence-corrected chi connectivity index (χ2v) is 7.92. The first-order valence-electron chi connectivity index (χ1n) is 7.99. The molecule has 0 spiro atoms. The van der Waals surface area contributed by atoms with E-state index in [1.54, 1.807) is 10.8 Å². The molecule has 0 aromatic heterocycles. The molecule has 1 atom stereocenters. The quantitative estimate of drug-likeness (QED) is 0.241. The summed E-state index contributed by atoms with van der Waals surface area (Å²) in [7, 11) is 5.51. The summed E-state index contributed by atoms with van der Waals surface area (Å²) in [5, 5.41) is 5.71. The Morgan fingerprint density at radius 1 is 1.22 bits per heavy atom. The lowest BCUT2D eigenvalue weighted by Gasteiger charge is -2.12. The minimum Gasteiger partial charge on any atom is -0.450 e. The van der Waals surface area contributed by atoms with Gasteiger partial charge < -0.3 is 20.1 Å². The Morgan fingerprint density at radius 2 is 1.96 bits per heavy atom. The Morgan fingerprint density at radius 3 is 2.65 bits per heavy atom. The number of alkyl carbamates (subject to hydrolysis) is 1. The van der Waals surface area contributed by atoms with Crippen molar-refractivity contribution < 1.29 is 14.3 Å². The summed E-state index contributed by atoms with van der Waals surface area (Å²) >= 11 is 0. The van der Waals surface area contributed by atoms with Gasteiger partial charge in [-0.05, 0) is 26.8 Å². The minimum absolute atomic E-state index is 0.181. The van der Waals surface area contributed by atoms with E-state index in [1.165, 1.54) is 0 Å². The number of unbranched alkanes of at least 4 members (excludes halogenated alkanes) is 1. The summed E-state index contributed by atoms with van der Waals surface area (Å²) in [4.78, 5) is 11.4. The van der Waals surface area contributed by atoms with Crippen molar-refractivity contribution in [3.63, 3.8) is 0 Å². The normalized spacial score (nSPS) is 11.7. The summed E-state index contributed by atoms with van der Waals surface area (Å²) < 4.78 is 10.7. The second kappa shape index (κ2) is 16.3. The molecule has 0 radical (unpaired) electrons. The average molecular weight is 363 g/mol. The van der Waals surface area contributed by atoms with Crippen LogP contribution in [0.5, 0.6) is 0 Å². The molecular weight excluding hydrogens is 332 g/mol. The lowest BCUT2D eigenvalue weighted by molar-refractivity contribution is 0.109. The summed E-state index contributed by atoms with van der Waals surface area (Å²) in [6, 6.07) is 0. The molecular formula is C16H30N2O3S2. The Kier molecular flexibility index (Phi) is 15.9. The van der Waals surface area contributed by atoms with E-state index in [0.29, 0.717) is 25.7 Å². The fourth-order valence-corrected chi connectivity index (χ4v) is 3.36. The van der Waals surface area contributed by atoms with Gasteiger partial charge in [0.25, 0.3) is 0 Å². The molecule has 23 heavy (non-hydrogen) atoms. The number of hydrogen-bond acceptors (Lipinski definition) is 6. The Labute approximate surface area is 148 Å². The molecule has 0 aliphatic carbocycles. The largest absolute Gasteiger partial charge is 0.450 e. The summed E-state index contributed by atoms with van der Waals surface area (Å²) in [5.41, 5.74) is 0.181. The van der Waals surface area contributed by atoms with Crippen LogP contribution in [0.2, 0.25) is 0 Å². The SMILES string of the molecule is CNCCSSC(C)OCCCCOC(=O)NCC#CC(C)C. The van der Waals surface area contributed by atoms with Crippen molar-refractivity contribution in [1.82, 2.24) is 10.6 Å². The van der Waals surface area contributed by atoms with E-state index in [0.717, 1.165) is 25.1 Å². The molecule has 0 aromatic rings. The van der Waals surface area contributed by atoms with Crippen LogP contribution in [0.4, 0.5) is 4.79 Å². The molecule has 0 aliphatic heterocycles. The number of hydrogen-bond donors (Lipinski definition) is 2. The monoisotopic (exact) mass is 362 g/mol. The number of ether oxygens (including phenoxy) is 2. The van der Waals surface area contributed by atoms with Gasteiger partial charge >= 0.3 is 6.09 Å². The Bertz CT molecular complexity index is 357. The van der Waals surface area contributed by atoms with Crippen LogP contribution in [0, 0.1) is 17.8 Å². The average Bonchev–Trinajstić information content (AvgIpc) is 2.51. The highest BCUT2D eigenvalue weighted by Crippen LogP contribution is 2.26. The molecule has 0 heterocycles. The first-order valence-corrected chi connectivity index (χ1v) is 10.4. The molecule has 2 N–H and O–H groups in total. The zero-order valence-corrected chi connectivity index (χ0v) is 16.3. The van der Waals surface area contributed by atoms with Gasteiger partial charge in [0.15, 0.2) is 0 Å². The van der Waals surface area contributed by atoms with Crippen LogP contribution >= 0.6 is 21.6 Å². The third kappa shape index (κ3) is 17.6. The van der Waals surface area contributed by atoms with Crippen molar-refractivity contribution in [3.8, 4) is 11.8 Å². The molecule has 0 fully saturated rings. The molecule has 0 bridgehead atoms. The minimum atomic E-state index is -0.408. The molecule has 0 aliphatic rings. The van der Waals surface area contributed by atoms with Crippen molar-refractivity contribution in [2.24, 2.45) is 5.92 Å². The van der Waals surface area contributed by atoms with Gasteiger partial charge in [0, 0.05) is 24.8 Å². The van der Waals surface area contributed by atoms with Crippen LogP contribution < -0.4 is 10.6 Å². The highest BCUT2D eigenvalue weighted by Gasteiger charge is 2.03. The van der Waals surface area contributed by atoms with Crippen LogP contribution in [0.1, 0.15) is 33.6 Å². The van der Waals surface area contributed by atoms with Gasteiger partial charge in [-0.2, -0.15) is 0 Å². The van der Waals surface area contributed by atoms with Gasteiger partial charge in [-0.3, -0.25) is 0 Å². The number of rotatable bonds is 12. The maximum atomic E-state index is 11.4. The number of carbonyl (C=O) groups excluding carboxylic acids is 1. The van der Waals surface area contributed by atoms with E-state index in [2.05, 4.69) is 29.4 Å². The zero-order valence-electron chi connectivity index (χ0n) is 14.6. The van der Waals surface area contributed by atoms with Gasteiger partial charge in [-0.25, -0.2) is 4.79 Å². The van der Waals surface area contributed by atoms with Crippen molar-refractivity contribution in [2.75, 3.05) is 39.1 Å². The van der Waals surface area contributed by atoms with Gasteiger partial charge in [0.1, 0.15) is 5.44 Å². The maximum Gasteiger partial charge on any atom is 0.407 e. The predicted molar refractivity (Wildman–Crippen MR) is 101 cm³/mol. The van der Waals surface area contributed by atoms with Gasteiger partial charge in [0.2, 0.25) is 0 Å². The fourth-order valence-electron chi connectivity index (χ4n) is 1.36. The van der Waals surface area contributed by atoms with E-state index in [4.69, 9.17) is 9.47 Å². The van der Waals surface area contributed by atoms with Crippen LogP contribution in [-0.4, -0.2) is 50.6 Å². The van der Waals surface area contributed by atoms with Gasteiger partial charge in [-0.15, -0.1) is 0 Å². The van der Waals surface area contributed by atoms with Crippen LogP contribution in [0.25, 0.3) is 0 Å². The van der Waals surface area contributed by atoms with E-state index in [1.807, 2.05) is 31.7 Å². The predicted octanol–water partition coefficient (Wildman–Crippen LogP) is 3.12. The summed E-state index contributed by atoms with van der Waals surface area (Å²) in [6.07, 6.45) is 1.27. The Balaban J connectivity index is 3.38. The molecule has 134 valence electrons. The van der Waals surface area contributed by atoms with Crippen molar-refractivity contribution in [3.05, 3.63) is 0 Å². The van der Waals surface area contributed by atoms with E-state index in [-0.39, 0.29) is 5.44 Å². The summed E-state index contributed by atoms with van der Waals surface area (Å²) in [6.45, 7) is 8.50. The van der Waals surface area contributed by atoms with Crippen LogP contribution in [-0.2, 0) is 9.47 Å². The van der Waals surface area contributed by atoms with Gasteiger partial charge in [-0.1, -0.05) is 47.3 Å². The third-order valence-electron chi connectivity index (χ3n) is 2.48. The fraction of sp³-hybridized carbons (Fsp3) is 0.812. The molecule has 5 nitrogen and oxygen atoms in total. The highest BCUT2D eigenvalue weighted by molar-refractivity contribution is 8.76. The second-order valence-electron chi connectivity index (χ2n) is 5.13. The van der Waals surface area contributed by atoms with Crippen molar-refractivity contribution in [2.45, 2.75) is 39.0 Å². The Hall–Kier alpha value is -0.550. The first-order chi connectivity index (χ1) is 11.1. The van der Waals surface area contributed by atoms with Gasteiger partial charge in [0.05, 0.1) is 13.2 Å². The van der Waals surface area contributed by atoms with Crippen molar-refractivity contribution >= 4 is 27.7 Å². The molecule has 1 unspecified atom stereocenters. The molecule has 0 rings (SSSR count). The molecule has 1 amide bonds. The smallest absolute Gasteiger partial charge is 0.407 e. The zero-order chi connectivity index (χ0) is 17.3. The van der Waals surface area contributed by atoms with E-state index < -0.39 is 6.09 Å². The highest BCUT2D eigenvalue weighted by atomic mass is 33.1. The topological polar surface area (TPSA) is 59.6 Å².